The van der Waals surface area contributed by atoms with Crippen molar-refractivity contribution < 1.29 is 18.6 Å². The summed E-state index contributed by atoms with van der Waals surface area (Å²) in [6.45, 7) is 1.64. The highest BCUT2D eigenvalue weighted by Crippen LogP contribution is 2.56. The molecular weight excluding hydrogens is 314 g/mol. The van der Waals surface area contributed by atoms with Crippen LogP contribution in [0, 0.1) is 0 Å². The van der Waals surface area contributed by atoms with E-state index in [1.165, 1.54) is 11.8 Å². The molecule has 19 heavy (non-hydrogen) atoms. The topological polar surface area (TPSA) is 59.1 Å². The first-order chi connectivity index (χ1) is 9.08. The number of carbonyl (C=O) groups excluding carboxylic acids is 1. The molecule has 1 heterocycles. The summed E-state index contributed by atoms with van der Waals surface area (Å²) in [5, 5.41) is 0. The number of nitrogens with zero attached hydrogens (tertiary/aromatic N) is 2. The third kappa shape index (κ3) is 4.59. The van der Waals surface area contributed by atoms with Crippen molar-refractivity contribution in [1.82, 2.24) is 9.34 Å². The quantitative estimate of drug-likeness (QED) is 0.402. The molecule has 0 bridgehead atoms. The number of carbonyl (C=O) groups is 1. The van der Waals surface area contributed by atoms with E-state index in [-0.39, 0.29) is 19.0 Å². The fourth-order valence-corrected chi connectivity index (χ4v) is 4.93. The number of ether oxygens (including phenoxy) is 1. The van der Waals surface area contributed by atoms with E-state index in [0.29, 0.717) is 25.6 Å². The first-order valence-electron chi connectivity index (χ1n) is 6.02. The van der Waals surface area contributed by atoms with Gasteiger partial charge in [0.05, 0.1) is 13.7 Å². The van der Waals surface area contributed by atoms with E-state index in [1.54, 1.807) is 4.67 Å². The Hall–Kier alpha value is 0.160. The number of hydrogen-bond acceptors (Lipinski definition) is 4. The van der Waals surface area contributed by atoms with E-state index in [2.05, 4.69) is 4.74 Å². The maximum atomic E-state index is 13.0. The Balaban J connectivity index is 2.87. The average molecular weight is 333 g/mol. The lowest BCUT2D eigenvalue weighted by Gasteiger charge is -2.40. The van der Waals surface area contributed by atoms with Crippen LogP contribution in [-0.4, -0.2) is 67.0 Å². The number of alkyl halides is 2. The number of esters is 1. The van der Waals surface area contributed by atoms with Crippen LogP contribution in [0.4, 0.5) is 0 Å². The van der Waals surface area contributed by atoms with Gasteiger partial charge in [-0.1, -0.05) is 0 Å². The largest absolute Gasteiger partial charge is 0.468 e. The normalized spacial score (nSPS) is 24.6. The molecule has 0 N–H and O–H groups in total. The third-order valence-corrected chi connectivity index (χ3v) is 5.79. The minimum absolute atomic E-state index is 0.112. The molecule has 6 nitrogen and oxygen atoms in total. The molecule has 1 fully saturated rings. The van der Waals surface area contributed by atoms with Crippen molar-refractivity contribution in [1.29, 1.82) is 0 Å². The Morgan fingerprint density at radius 3 is 2.79 bits per heavy atom. The molecule has 0 aromatic heterocycles. The van der Waals surface area contributed by atoms with Gasteiger partial charge in [-0.25, -0.2) is 9.34 Å². The second-order valence-electron chi connectivity index (χ2n) is 3.97. The maximum absolute atomic E-state index is 13.0. The molecule has 1 rings (SSSR count). The van der Waals surface area contributed by atoms with E-state index < -0.39 is 13.6 Å². The zero-order valence-corrected chi connectivity index (χ0v) is 13.3. The first kappa shape index (κ1) is 17.2. The van der Waals surface area contributed by atoms with Crippen molar-refractivity contribution in [2.75, 3.05) is 51.7 Å². The monoisotopic (exact) mass is 332 g/mol. The molecule has 0 aromatic carbocycles. The van der Waals surface area contributed by atoms with Gasteiger partial charge in [0.1, 0.15) is 6.54 Å². The van der Waals surface area contributed by atoms with E-state index in [0.717, 1.165) is 6.42 Å². The van der Waals surface area contributed by atoms with Crippen LogP contribution in [0.5, 0.6) is 0 Å². The molecule has 0 unspecified atom stereocenters. The SMILES string of the molecule is COC(=O)CN(CCCl)[P@@]1(=O)OCCCN1CCCl. The Labute approximate surface area is 123 Å². The van der Waals surface area contributed by atoms with Crippen molar-refractivity contribution >= 4 is 36.8 Å². The van der Waals surface area contributed by atoms with Gasteiger partial charge in [0.25, 0.3) is 0 Å². The standard InChI is InChI=1S/C10H19Cl2N2O4P/c1-17-10(15)9-14(7-4-12)19(16)13(6-3-11)5-2-8-18-19/h2-9H2,1H3/t19-/m0/s1. The van der Waals surface area contributed by atoms with Gasteiger partial charge in [-0.15, -0.1) is 23.2 Å². The molecule has 0 saturated carbocycles. The van der Waals surface area contributed by atoms with Crippen molar-refractivity contribution in [3.05, 3.63) is 0 Å². The van der Waals surface area contributed by atoms with E-state index in [1.807, 2.05) is 0 Å². The van der Waals surface area contributed by atoms with Crippen LogP contribution in [0.25, 0.3) is 0 Å². The summed E-state index contributed by atoms with van der Waals surface area (Å²) in [5.74, 6) is 0.125. The van der Waals surface area contributed by atoms with Gasteiger partial charge in [-0.2, -0.15) is 0 Å². The van der Waals surface area contributed by atoms with Crippen LogP contribution in [0.3, 0.4) is 0 Å². The highest BCUT2D eigenvalue weighted by atomic mass is 35.5. The predicted octanol–water partition coefficient (Wildman–Crippen LogP) is 1.77. The Morgan fingerprint density at radius 2 is 2.21 bits per heavy atom. The molecule has 112 valence electrons. The minimum atomic E-state index is -3.24. The fourth-order valence-electron chi connectivity index (χ4n) is 1.84. The van der Waals surface area contributed by atoms with Crippen LogP contribution in [0.1, 0.15) is 6.42 Å². The highest BCUT2D eigenvalue weighted by molar-refractivity contribution is 7.54. The second kappa shape index (κ2) is 8.45. The van der Waals surface area contributed by atoms with E-state index in [4.69, 9.17) is 27.7 Å². The summed E-state index contributed by atoms with van der Waals surface area (Å²) in [4.78, 5) is 11.4. The Bertz CT molecular complexity index is 343. The zero-order valence-electron chi connectivity index (χ0n) is 10.9. The van der Waals surface area contributed by atoms with Crippen LogP contribution in [0.15, 0.2) is 0 Å². The van der Waals surface area contributed by atoms with Gasteiger partial charge in [0.2, 0.25) is 0 Å². The number of hydrogen-bond donors (Lipinski definition) is 0. The summed E-state index contributed by atoms with van der Waals surface area (Å²) >= 11 is 11.4. The summed E-state index contributed by atoms with van der Waals surface area (Å²) in [7, 11) is -1.95. The first-order valence-corrected chi connectivity index (χ1v) is 8.62. The zero-order chi connectivity index (χ0) is 14.3. The van der Waals surface area contributed by atoms with Crippen molar-refractivity contribution in [2.24, 2.45) is 0 Å². The molecule has 1 aliphatic heterocycles. The Morgan fingerprint density at radius 1 is 1.47 bits per heavy atom. The van der Waals surface area contributed by atoms with Crippen LogP contribution < -0.4 is 0 Å². The van der Waals surface area contributed by atoms with Gasteiger partial charge in [-0.3, -0.25) is 9.36 Å². The third-order valence-electron chi connectivity index (χ3n) is 2.76. The van der Waals surface area contributed by atoms with Gasteiger partial charge in [0.15, 0.2) is 0 Å². The molecule has 0 radical (unpaired) electrons. The molecule has 1 aliphatic rings. The van der Waals surface area contributed by atoms with Gasteiger partial charge in [-0.05, 0) is 6.42 Å². The lowest BCUT2D eigenvalue weighted by molar-refractivity contribution is -0.141. The van der Waals surface area contributed by atoms with E-state index in [9.17, 15) is 9.36 Å². The summed E-state index contributed by atoms with van der Waals surface area (Å²) in [6.07, 6.45) is 0.786. The van der Waals surface area contributed by atoms with Crippen molar-refractivity contribution in [3.8, 4) is 0 Å². The van der Waals surface area contributed by atoms with Crippen LogP contribution in [0.2, 0.25) is 0 Å². The van der Waals surface area contributed by atoms with Gasteiger partial charge in [0, 0.05) is 31.4 Å². The van der Waals surface area contributed by atoms with Crippen molar-refractivity contribution in [2.45, 2.75) is 6.42 Å². The van der Waals surface area contributed by atoms with E-state index >= 15 is 0 Å². The number of halogens is 2. The lowest BCUT2D eigenvalue weighted by atomic mass is 10.4. The van der Waals surface area contributed by atoms with Gasteiger partial charge < -0.3 is 9.26 Å². The van der Waals surface area contributed by atoms with Crippen LogP contribution >= 0.6 is 30.9 Å². The molecule has 9 heteroatoms. The van der Waals surface area contributed by atoms with Gasteiger partial charge >= 0.3 is 13.6 Å². The molecule has 0 aliphatic carbocycles. The summed E-state index contributed by atoms with van der Waals surface area (Å²) < 4.78 is 26.2. The van der Waals surface area contributed by atoms with Crippen molar-refractivity contribution in [3.63, 3.8) is 0 Å². The molecule has 1 saturated heterocycles. The highest BCUT2D eigenvalue weighted by Gasteiger charge is 2.41. The smallest absolute Gasteiger partial charge is 0.346 e. The maximum Gasteiger partial charge on any atom is 0.346 e. The summed E-state index contributed by atoms with van der Waals surface area (Å²) in [6, 6.07) is 0. The number of rotatable bonds is 7. The predicted molar refractivity (Wildman–Crippen MR) is 74.8 cm³/mol. The Kier molecular flexibility index (Phi) is 7.65. The molecule has 1 atom stereocenters. The average Bonchev–Trinajstić information content (AvgIpc) is 2.41. The fraction of sp³-hybridized carbons (Fsp3) is 0.900. The molecule has 0 amide bonds. The molecule has 0 aromatic rings. The lowest BCUT2D eigenvalue weighted by Crippen LogP contribution is -2.41. The minimum Gasteiger partial charge on any atom is -0.468 e. The molecular formula is C10H19Cl2N2O4P. The molecule has 0 spiro atoms. The second-order valence-corrected chi connectivity index (χ2v) is 7.10. The summed E-state index contributed by atoms with van der Waals surface area (Å²) in [5.41, 5.74) is 0. The number of methoxy groups -OCH3 is 1. The van der Waals surface area contributed by atoms with Crippen LogP contribution in [-0.2, 0) is 18.6 Å².